The second-order valence-electron chi connectivity index (χ2n) is 18.8. The molecule has 1 aliphatic heterocycles. The average Bonchev–Trinajstić information content (AvgIpc) is 3.42. The smallest absolute Gasteiger partial charge is 0.407 e. The molecule has 2 heterocycles. The first-order valence-corrected chi connectivity index (χ1v) is 25.5. The second-order valence-corrected chi connectivity index (χ2v) is 18.8. The fourth-order valence-electron chi connectivity index (χ4n) is 7.65. The van der Waals surface area contributed by atoms with E-state index in [9.17, 15) is 48.6 Å². The number of phenols is 1. The average molecular weight is 1100 g/mol. The predicted octanol–water partition coefficient (Wildman–Crippen LogP) is -0.139. The number of alkyl carbamates (subject to hydrolysis) is 1. The van der Waals surface area contributed by atoms with E-state index >= 15 is 0 Å². The Labute approximate surface area is 455 Å². The lowest BCUT2D eigenvalue weighted by atomic mass is 10.0. The summed E-state index contributed by atoms with van der Waals surface area (Å²) in [5.74, 6) is -5.61. The molecule has 3 aromatic carbocycles. The Bertz CT molecular complexity index is 2690. The van der Waals surface area contributed by atoms with Gasteiger partial charge in [0.15, 0.2) is 5.96 Å². The molecular formula is C52H68N14O13. The lowest BCUT2D eigenvalue weighted by Gasteiger charge is -2.26. The summed E-state index contributed by atoms with van der Waals surface area (Å²) in [5.41, 5.74) is 12.8. The van der Waals surface area contributed by atoms with E-state index in [1.807, 2.05) is 30.3 Å². The van der Waals surface area contributed by atoms with Crippen LogP contribution < -0.4 is 48.7 Å². The quantitative estimate of drug-likeness (QED) is 0.0221. The van der Waals surface area contributed by atoms with Crippen LogP contribution in [-0.4, -0.2) is 160 Å². The van der Waals surface area contributed by atoms with Gasteiger partial charge in [0.1, 0.15) is 36.5 Å². The molecule has 0 radical (unpaired) electrons. The van der Waals surface area contributed by atoms with E-state index in [4.69, 9.17) is 25.7 Å². The number of hydrogen-bond donors (Lipinski definition) is 11. The number of aromatic nitrogens is 4. The van der Waals surface area contributed by atoms with Gasteiger partial charge >= 0.3 is 12.1 Å². The van der Waals surface area contributed by atoms with Crippen LogP contribution in [0.1, 0.15) is 69.9 Å². The maximum atomic E-state index is 14.0. The van der Waals surface area contributed by atoms with Crippen LogP contribution in [0.15, 0.2) is 83.9 Å². The van der Waals surface area contributed by atoms with E-state index in [0.29, 0.717) is 29.2 Å². The molecular weight excluding hydrogens is 1030 g/mol. The molecule has 4 atom stereocenters. The van der Waals surface area contributed by atoms with Gasteiger partial charge < -0.3 is 73.1 Å². The molecule has 4 aromatic rings. The Morgan fingerprint density at radius 1 is 0.696 bits per heavy atom. The summed E-state index contributed by atoms with van der Waals surface area (Å²) in [6.07, 6.45) is -0.823. The van der Waals surface area contributed by atoms with Crippen molar-refractivity contribution < 1.29 is 62.8 Å². The topological polar surface area (TPSA) is 405 Å². The van der Waals surface area contributed by atoms with Gasteiger partial charge in [-0.05, 0) is 69.2 Å². The van der Waals surface area contributed by atoms with Crippen LogP contribution in [0.4, 0.5) is 4.79 Å². The molecule has 27 nitrogen and oxygen atoms in total. The fraction of sp³-hybridized carbons (Fsp3) is 0.442. The zero-order valence-electron chi connectivity index (χ0n) is 43.9. The summed E-state index contributed by atoms with van der Waals surface area (Å²) in [7, 11) is 0. The third kappa shape index (κ3) is 22.3. The number of nitrogens with two attached hydrogens (primary N) is 2. The number of rotatable bonds is 26. The number of guanidine groups is 1. The SMILES string of the molecule is CC(C)(COCCC(=O)NCCCCC1NC(=O)[C@@H](Cc2ccc(O)cc2)NC(=O)[C@H](CC(=O)O)NC(=O)CNC(=O)[C@H](CCCN=C(N)N)NC1=O)OCCNC(=O)OCc1ccc(-c2nnc(-c3ccccc3)nn2)cc1. The Morgan fingerprint density at radius 2 is 1.29 bits per heavy atom. The summed E-state index contributed by atoms with van der Waals surface area (Å²) >= 11 is 0. The highest BCUT2D eigenvalue weighted by Gasteiger charge is 2.33. The van der Waals surface area contributed by atoms with Gasteiger partial charge in [0, 0.05) is 43.6 Å². The molecule has 7 amide bonds. The minimum Gasteiger partial charge on any atom is -0.508 e. The van der Waals surface area contributed by atoms with Crippen LogP contribution in [0, 0.1) is 0 Å². The molecule has 0 bridgehead atoms. The molecule has 0 spiro atoms. The van der Waals surface area contributed by atoms with Crippen LogP contribution in [-0.2, 0) is 60.8 Å². The number of aliphatic imine (C=N–C) groups is 1. The maximum Gasteiger partial charge on any atom is 0.407 e. The zero-order chi connectivity index (χ0) is 57.2. The molecule has 0 saturated carbocycles. The number of phenolic OH excluding ortho intramolecular Hbond substituents is 1. The molecule has 1 aromatic heterocycles. The lowest BCUT2D eigenvalue weighted by molar-refractivity contribution is -0.141. The van der Waals surface area contributed by atoms with Crippen molar-refractivity contribution in [2.45, 2.75) is 102 Å². The van der Waals surface area contributed by atoms with Gasteiger partial charge in [0.25, 0.3) is 0 Å². The van der Waals surface area contributed by atoms with Crippen molar-refractivity contribution in [3.63, 3.8) is 0 Å². The number of ether oxygens (including phenoxy) is 3. The van der Waals surface area contributed by atoms with Gasteiger partial charge in [0.2, 0.25) is 47.1 Å². The van der Waals surface area contributed by atoms with Gasteiger partial charge in [0.05, 0.1) is 38.4 Å². The number of aliphatic carboxylic acids is 1. The summed E-state index contributed by atoms with van der Waals surface area (Å²) in [5, 5.41) is 54.0. The first-order valence-electron chi connectivity index (χ1n) is 25.5. The van der Waals surface area contributed by atoms with E-state index in [-0.39, 0.29) is 102 Å². The van der Waals surface area contributed by atoms with Crippen LogP contribution in [0.2, 0.25) is 0 Å². The maximum absolute atomic E-state index is 14.0. The highest BCUT2D eigenvalue weighted by Crippen LogP contribution is 2.18. The van der Waals surface area contributed by atoms with Crippen LogP contribution in [0.5, 0.6) is 5.75 Å². The van der Waals surface area contributed by atoms with Gasteiger partial charge in [-0.3, -0.25) is 38.6 Å². The Kier molecular flexibility index (Phi) is 24.2. The third-order valence-corrected chi connectivity index (χ3v) is 11.8. The normalized spacial score (nSPS) is 17.3. The number of unbranched alkanes of at least 4 members (excludes halogenated alkanes) is 1. The van der Waals surface area contributed by atoms with Crippen molar-refractivity contribution >= 4 is 53.5 Å². The predicted molar refractivity (Wildman–Crippen MR) is 284 cm³/mol. The number of carboxylic acid groups (broad SMARTS) is 1. The number of benzene rings is 3. The molecule has 1 saturated heterocycles. The molecule has 1 aliphatic rings. The Balaban J connectivity index is 1.05. The summed E-state index contributed by atoms with van der Waals surface area (Å²) in [6, 6.07) is 16.6. The third-order valence-electron chi connectivity index (χ3n) is 11.8. The molecule has 79 heavy (non-hydrogen) atoms. The Morgan fingerprint density at radius 3 is 1.95 bits per heavy atom. The van der Waals surface area contributed by atoms with Crippen molar-refractivity contribution in [1.29, 1.82) is 0 Å². The summed E-state index contributed by atoms with van der Waals surface area (Å²) in [4.78, 5) is 109. The molecule has 0 aliphatic carbocycles. The van der Waals surface area contributed by atoms with Gasteiger partial charge in [-0.1, -0.05) is 66.7 Å². The molecule has 5 rings (SSSR count). The van der Waals surface area contributed by atoms with E-state index in [1.54, 1.807) is 38.1 Å². The van der Waals surface area contributed by atoms with E-state index in [2.05, 4.69) is 62.6 Å². The second kappa shape index (κ2) is 31.4. The molecule has 1 fully saturated rings. The highest BCUT2D eigenvalue weighted by atomic mass is 16.6. The monoisotopic (exact) mass is 1100 g/mol. The van der Waals surface area contributed by atoms with Crippen LogP contribution in [0.25, 0.3) is 22.8 Å². The molecule has 27 heteroatoms. The van der Waals surface area contributed by atoms with E-state index in [0.717, 1.165) is 11.1 Å². The van der Waals surface area contributed by atoms with Crippen molar-refractivity contribution in [3.8, 4) is 28.5 Å². The highest BCUT2D eigenvalue weighted by molar-refractivity contribution is 5.98. The number of carboxylic acids is 1. The molecule has 424 valence electrons. The zero-order valence-corrected chi connectivity index (χ0v) is 43.9. The fourth-order valence-corrected chi connectivity index (χ4v) is 7.65. The number of aromatic hydroxyl groups is 1. The molecule has 1 unspecified atom stereocenters. The number of hydrogen-bond acceptors (Lipinski definition) is 17. The summed E-state index contributed by atoms with van der Waals surface area (Å²) in [6.45, 7) is 3.74. The van der Waals surface area contributed by atoms with Crippen molar-refractivity contribution in [2.24, 2.45) is 16.5 Å². The van der Waals surface area contributed by atoms with Crippen molar-refractivity contribution in [1.82, 2.24) is 57.6 Å². The van der Waals surface area contributed by atoms with Gasteiger partial charge in [-0.25, -0.2) is 4.79 Å². The van der Waals surface area contributed by atoms with E-state index < -0.39 is 84.3 Å². The first-order chi connectivity index (χ1) is 37.8. The first kappa shape index (κ1) is 61.0. The number of carbonyl (C=O) groups excluding carboxylic acids is 7. The molecule has 13 N–H and O–H groups in total. The van der Waals surface area contributed by atoms with Crippen LogP contribution in [0.3, 0.4) is 0 Å². The van der Waals surface area contributed by atoms with Crippen LogP contribution >= 0.6 is 0 Å². The Hall–Kier alpha value is -8.85. The number of amides is 7. The van der Waals surface area contributed by atoms with Crippen molar-refractivity contribution in [2.75, 3.05) is 46.0 Å². The minimum atomic E-state index is -1.66. The number of nitrogens with one attached hydrogen (secondary N) is 7. The summed E-state index contributed by atoms with van der Waals surface area (Å²) < 4.78 is 16.9. The standard InChI is InChI=1S/C52H68N14O13/c1-52(2,79-26-24-57-51(76)78-30-33-13-17-35(18-14-33)45-65-63-44(64-66-45)34-9-4-3-5-10-34)31-77-25-21-41(68)55-22-7-6-11-38-47(73)60-37(12-8-23-56-50(53)54)46(72)58-29-42(69)59-40(28-43(70)71)49(75)62-39(48(74)61-38)27-32-15-19-36(67)20-16-32/h3-5,9-10,13-20,37-40,67H,6-8,11-12,21-31H2,1-2H3,(H,55,68)(H,57,76)(H,58,72)(H,59,69)(H,60,73)(H,61,74)(H,62,75)(H,70,71)(H4,53,54,56)/t37-,38?,39+,40-/m0/s1. The van der Waals surface area contributed by atoms with Gasteiger partial charge in [-0.15, -0.1) is 20.4 Å². The lowest BCUT2D eigenvalue weighted by Crippen LogP contribution is -2.58. The van der Waals surface area contributed by atoms with E-state index in [1.165, 1.54) is 24.3 Å². The number of carbonyl (C=O) groups is 8. The largest absolute Gasteiger partial charge is 0.508 e. The number of nitrogens with zero attached hydrogens (tertiary/aromatic N) is 5. The minimum absolute atomic E-state index is 0.000685. The van der Waals surface area contributed by atoms with Crippen molar-refractivity contribution in [3.05, 3.63) is 90.0 Å². The van der Waals surface area contributed by atoms with Gasteiger partial charge in [-0.2, -0.15) is 0 Å².